The normalized spacial score (nSPS) is 11.6. The third-order valence-electron chi connectivity index (χ3n) is 5.04. The number of hydrogen-bond donors (Lipinski definition) is 1. The van der Waals surface area contributed by atoms with E-state index in [1.165, 1.54) is 22.9 Å². The number of aryl methyl sites for hydroxylation is 2. The molecule has 33 heavy (non-hydrogen) atoms. The monoisotopic (exact) mass is 517 g/mol. The summed E-state index contributed by atoms with van der Waals surface area (Å²) in [4.78, 5) is 27.8. The smallest absolute Gasteiger partial charge is 0.417 e. The Morgan fingerprint density at radius 1 is 1.06 bits per heavy atom. The van der Waals surface area contributed by atoms with E-state index >= 15 is 0 Å². The zero-order valence-corrected chi connectivity index (χ0v) is 18.4. The molecular weight excluding hydrogens is 503 g/mol. The molecule has 0 fully saturated rings. The largest absolute Gasteiger partial charge is 0.478 e. The number of nitrogens with zero attached hydrogens (tertiary/aromatic N) is 3. The first kappa shape index (κ1) is 22.7. The molecule has 10 heteroatoms. The van der Waals surface area contributed by atoms with Gasteiger partial charge in [0.1, 0.15) is 0 Å². The summed E-state index contributed by atoms with van der Waals surface area (Å²) in [6.07, 6.45) is -2.69. The summed E-state index contributed by atoms with van der Waals surface area (Å²) in [6, 6.07) is 13.0. The van der Waals surface area contributed by atoms with Crippen LogP contribution in [0.3, 0.4) is 0 Å². The number of fused-ring (bicyclic) bond motifs is 1. The minimum Gasteiger partial charge on any atom is -0.478 e. The van der Waals surface area contributed by atoms with E-state index in [4.69, 9.17) is 5.11 Å². The molecule has 0 aliphatic rings. The van der Waals surface area contributed by atoms with Crippen molar-refractivity contribution in [2.45, 2.75) is 19.1 Å². The van der Waals surface area contributed by atoms with Crippen molar-refractivity contribution in [2.24, 2.45) is 0 Å². The lowest BCUT2D eigenvalue weighted by atomic mass is 10.0. The van der Waals surface area contributed by atoms with E-state index in [2.05, 4.69) is 26.0 Å². The van der Waals surface area contributed by atoms with Crippen LogP contribution in [0.2, 0.25) is 0 Å². The van der Waals surface area contributed by atoms with Gasteiger partial charge < -0.3 is 5.11 Å². The summed E-state index contributed by atoms with van der Waals surface area (Å²) in [5.74, 6) is -1.68. The summed E-state index contributed by atoms with van der Waals surface area (Å²) in [6.45, 7) is 0.207. The molecule has 0 radical (unpaired) electrons. The Bertz CT molecular complexity index is 1430. The van der Waals surface area contributed by atoms with Crippen molar-refractivity contribution in [1.82, 2.24) is 14.8 Å². The minimum atomic E-state index is -4.85. The molecule has 0 bridgehead atoms. The highest BCUT2D eigenvalue weighted by Gasteiger charge is 2.35. The van der Waals surface area contributed by atoms with Gasteiger partial charge in [-0.3, -0.25) is 9.78 Å². The second kappa shape index (κ2) is 8.78. The molecule has 0 unspecified atom stereocenters. The minimum absolute atomic E-state index is 0.0581. The van der Waals surface area contributed by atoms with Crippen LogP contribution in [0, 0.1) is 0 Å². The molecular formula is C23H15BrF3N3O3. The Morgan fingerprint density at radius 3 is 2.58 bits per heavy atom. The Balaban J connectivity index is 1.63. The molecule has 4 aromatic rings. The van der Waals surface area contributed by atoms with Crippen LogP contribution in [0.15, 0.2) is 70.1 Å². The number of halogens is 4. The molecule has 0 spiro atoms. The molecule has 168 valence electrons. The average molecular weight is 518 g/mol. The van der Waals surface area contributed by atoms with E-state index in [-0.39, 0.29) is 17.8 Å². The maximum atomic E-state index is 13.3. The van der Waals surface area contributed by atoms with E-state index in [0.717, 1.165) is 33.1 Å². The van der Waals surface area contributed by atoms with Gasteiger partial charge in [-0.25, -0.2) is 9.48 Å². The number of rotatable bonds is 5. The summed E-state index contributed by atoms with van der Waals surface area (Å²) >= 11 is 3.38. The van der Waals surface area contributed by atoms with Crippen molar-refractivity contribution in [3.8, 4) is 11.3 Å². The number of benzene rings is 2. The maximum Gasteiger partial charge on any atom is 0.417 e. The number of carboxylic acids is 1. The lowest BCUT2D eigenvalue weighted by Gasteiger charge is -2.13. The fourth-order valence-electron chi connectivity index (χ4n) is 3.43. The fourth-order valence-corrected chi connectivity index (χ4v) is 3.78. The third-order valence-corrected chi connectivity index (χ3v) is 5.48. The molecule has 2 aromatic carbocycles. The van der Waals surface area contributed by atoms with Crippen LogP contribution in [0.5, 0.6) is 0 Å². The number of pyridine rings is 1. The van der Waals surface area contributed by atoms with Gasteiger partial charge in [-0.1, -0.05) is 12.1 Å². The molecule has 0 atom stereocenters. The molecule has 0 aliphatic heterocycles. The molecule has 1 N–H and O–H groups in total. The zero-order valence-electron chi connectivity index (χ0n) is 16.8. The van der Waals surface area contributed by atoms with Crippen molar-refractivity contribution < 1.29 is 23.1 Å². The summed E-state index contributed by atoms with van der Waals surface area (Å²) in [7, 11) is 0. The Kier molecular flexibility index (Phi) is 6.03. The van der Waals surface area contributed by atoms with Crippen LogP contribution in [0.25, 0.3) is 22.2 Å². The third kappa shape index (κ3) is 4.95. The van der Waals surface area contributed by atoms with Crippen LogP contribution in [-0.2, 0) is 19.1 Å². The number of carboxylic acid groups (broad SMARTS) is 1. The number of aromatic nitrogens is 3. The Labute approximate surface area is 193 Å². The molecule has 0 saturated carbocycles. The second-order valence-corrected chi connectivity index (χ2v) is 8.19. The van der Waals surface area contributed by atoms with E-state index in [1.807, 2.05) is 24.3 Å². The van der Waals surface area contributed by atoms with Gasteiger partial charge in [0.15, 0.2) is 0 Å². The van der Waals surface area contributed by atoms with E-state index < -0.39 is 28.8 Å². The second-order valence-electron chi connectivity index (χ2n) is 7.27. The molecule has 0 amide bonds. The average Bonchev–Trinajstić information content (AvgIpc) is 2.77. The first-order chi connectivity index (χ1) is 15.6. The highest BCUT2D eigenvalue weighted by Crippen LogP contribution is 2.34. The Hall–Kier alpha value is -3.53. The van der Waals surface area contributed by atoms with Crippen LogP contribution >= 0.6 is 15.9 Å². The molecule has 0 aliphatic carbocycles. The van der Waals surface area contributed by atoms with Gasteiger partial charge in [0.25, 0.3) is 5.56 Å². The van der Waals surface area contributed by atoms with Crippen molar-refractivity contribution in [2.75, 3.05) is 0 Å². The first-order valence-corrected chi connectivity index (χ1v) is 10.5. The summed E-state index contributed by atoms with van der Waals surface area (Å²) in [5.41, 5.74) is -0.579. The molecule has 2 aromatic heterocycles. The van der Waals surface area contributed by atoms with Gasteiger partial charge in [-0.2, -0.15) is 18.3 Å². The number of alkyl halides is 3. The maximum absolute atomic E-state index is 13.3. The highest BCUT2D eigenvalue weighted by atomic mass is 79.9. The molecule has 2 heterocycles. The van der Waals surface area contributed by atoms with Gasteiger partial charge in [-0.15, -0.1) is 0 Å². The SMILES string of the molecule is O=C(O)c1ccc(-c2ccc(=O)n(CCc3ccc4ncc(Br)cc4c3)n2)cc1C(F)(F)F. The van der Waals surface area contributed by atoms with Crippen LogP contribution in [0.4, 0.5) is 13.2 Å². The Morgan fingerprint density at radius 2 is 1.85 bits per heavy atom. The van der Waals surface area contributed by atoms with Crippen LogP contribution in [0.1, 0.15) is 21.5 Å². The first-order valence-electron chi connectivity index (χ1n) is 9.69. The van der Waals surface area contributed by atoms with Gasteiger partial charge in [0.05, 0.1) is 22.3 Å². The number of hydrogen-bond acceptors (Lipinski definition) is 4. The van der Waals surface area contributed by atoms with Gasteiger partial charge >= 0.3 is 12.1 Å². The predicted molar refractivity (Wildman–Crippen MR) is 119 cm³/mol. The molecule has 6 nitrogen and oxygen atoms in total. The number of carbonyl (C=O) groups is 1. The summed E-state index contributed by atoms with van der Waals surface area (Å²) < 4.78 is 42.1. The van der Waals surface area contributed by atoms with Crippen LogP contribution < -0.4 is 5.56 Å². The fraction of sp³-hybridized carbons (Fsp3) is 0.130. The quantitative estimate of drug-likeness (QED) is 0.394. The van der Waals surface area contributed by atoms with Crippen molar-refractivity contribution >= 4 is 32.8 Å². The molecule has 4 rings (SSSR count). The number of aromatic carboxylic acids is 1. The zero-order chi connectivity index (χ0) is 23.8. The van der Waals surface area contributed by atoms with E-state index in [9.17, 15) is 22.8 Å². The summed E-state index contributed by atoms with van der Waals surface area (Å²) in [5, 5.41) is 14.2. The lowest BCUT2D eigenvalue weighted by Crippen LogP contribution is -2.23. The van der Waals surface area contributed by atoms with Gasteiger partial charge in [-0.05, 0) is 64.3 Å². The highest BCUT2D eigenvalue weighted by molar-refractivity contribution is 9.10. The van der Waals surface area contributed by atoms with Crippen molar-refractivity contribution in [1.29, 1.82) is 0 Å². The van der Waals surface area contributed by atoms with Crippen molar-refractivity contribution in [3.05, 3.63) is 92.3 Å². The lowest BCUT2D eigenvalue weighted by molar-refractivity contribution is -0.138. The van der Waals surface area contributed by atoms with Gasteiger partial charge in [0, 0.05) is 34.2 Å². The van der Waals surface area contributed by atoms with E-state index in [1.54, 1.807) is 6.20 Å². The standard InChI is InChI=1S/C23H15BrF3N3O3/c24-16-10-15-9-13(1-4-19(15)28-12-16)7-8-30-21(31)6-5-20(29-30)14-2-3-17(22(32)33)18(11-14)23(25,26)27/h1-6,9-12H,7-8H2,(H,32,33). The van der Waals surface area contributed by atoms with Crippen LogP contribution in [-0.4, -0.2) is 25.8 Å². The topological polar surface area (TPSA) is 85.1 Å². The van der Waals surface area contributed by atoms with Gasteiger partial charge in [0.2, 0.25) is 0 Å². The van der Waals surface area contributed by atoms with E-state index in [0.29, 0.717) is 6.42 Å². The predicted octanol–water partition coefficient (Wildman–Crippen LogP) is 5.18. The molecule has 0 saturated heterocycles. The van der Waals surface area contributed by atoms with Crippen molar-refractivity contribution in [3.63, 3.8) is 0 Å².